The van der Waals surface area contributed by atoms with Crippen LogP contribution in [0.1, 0.15) is 35.4 Å². The first-order valence-electron chi connectivity index (χ1n) is 10.5. The van der Waals surface area contributed by atoms with Crippen LogP contribution in [0, 0.1) is 6.92 Å². The highest BCUT2D eigenvalue weighted by Gasteiger charge is 2.20. The van der Waals surface area contributed by atoms with Crippen molar-refractivity contribution in [1.29, 1.82) is 0 Å². The molecule has 32 heavy (non-hydrogen) atoms. The van der Waals surface area contributed by atoms with Crippen LogP contribution in [-0.4, -0.2) is 20.7 Å². The van der Waals surface area contributed by atoms with Crippen LogP contribution in [0.25, 0.3) is 21.1 Å². The fourth-order valence-electron chi connectivity index (χ4n) is 3.73. The van der Waals surface area contributed by atoms with Crippen molar-refractivity contribution in [3.05, 3.63) is 88.5 Å². The van der Waals surface area contributed by atoms with Crippen molar-refractivity contribution in [3.63, 3.8) is 0 Å². The summed E-state index contributed by atoms with van der Waals surface area (Å²) in [6.07, 6.45) is 6.51. The molecule has 0 atom stereocenters. The van der Waals surface area contributed by atoms with E-state index in [2.05, 4.69) is 22.3 Å². The number of hydrogen-bond acceptors (Lipinski definition) is 6. The Morgan fingerprint density at radius 3 is 2.75 bits per heavy atom. The van der Waals surface area contributed by atoms with E-state index in [4.69, 9.17) is 26.4 Å². The van der Waals surface area contributed by atoms with Crippen LogP contribution in [0.3, 0.4) is 0 Å². The second-order valence-electron chi connectivity index (χ2n) is 7.67. The standard InChI is InChI=1S/C25H21ClN4OS/c1-16-24(32-25(28-16)19-5-3-13-27-14-19)22-12-9-18-4-2-6-21(23(18)29-22)30-31-15-17-7-10-20(26)11-8-17/h3,5,7-14H,2,4,6,15H2,1H3/b30-21+. The molecule has 0 radical (unpaired) electrons. The molecule has 0 amide bonds. The normalized spacial score (nSPS) is 14.4. The average molecular weight is 461 g/mol. The van der Waals surface area contributed by atoms with E-state index in [1.807, 2.05) is 49.5 Å². The summed E-state index contributed by atoms with van der Waals surface area (Å²) in [6, 6.07) is 15.8. The number of fused-ring (bicyclic) bond motifs is 1. The number of aryl methyl sites for hydroxylation is 2. The number of thiazole rings is 1. The maximum absolute atomic E-state index is 5.95. The highest BCUT2D eigenvalue weighted by Crippen LogP contribution is 2.35. The van der Waals surface area contributed by atoms with Gasteiger partial charge in [0.05, 0.1) is 22.0 Å². The minimum absolute atomic E-state index is 0.401. The van der Waals surface area contributed by atoms with Crippen LogP contribution in [0.5, 0.6) is 0 Å². The van der Waals surface area contributed by atoms with Crippen LogP contribution >= 0.6 is 22.9 Å². The molecule has 0 fully saturated rings. The molecule has 0 spiro atoms. The first-order chi connectivity index (χ1) is 15.7. The molecule has 0 N–H and O–H groups in total. The predicted molar refractivity (Wildman–Crippen MR) is 129 cm³/mol. The van der Waals surface area contributed by atoms with Crippen molar-refractivity contribution >= 4 is 28.6 Å². The predicted octanol–water partition coefficient (Wildman–Crippen LogP) is 6.49. The van der Waals surface area contributed by atoms with E-state index < -0.39 is 0 Å². The van der Waals surface area contributed by atoms with E-state index in [1.165, 1.54) is 5.56 Å². The summed E-state index contributed by atoms with van der Waals surface area (Å²) >= 11 is 7.59. The highest BCUT2D eigenvalue weighted by molar-refractivity contribution is 7.18. The number of aromatic nitrogens is 3. The molecule has 1 aromatic carbocycles. The van der Waals surface area contributed by atoms with Gasteiger partial charge >= 0.3 is 0 Å². The summed E-state index contributed by atoms with van der Waals surface area (Å²) in [5.41, 5.74) is 6.97. The Labute approximate surface area is 195 Å². The van der Waals surface area contributed by atoms with Crippen molar-refractivity contribution in [3.8, 4) is 21.1 Å². The first kappa shape index (κ1) is 20.8. The number of halogens is 1. The molecule has 1 aliphatic rings. The van der Waals surface area contributed by atoms with Crippen molar-refractivity contribution in [2.24, 2.45) is 5.16 Å². The van der Waals surface area contributed by atoms with Gasteiger partial charge in [0, 0.05) is 23.0 Å². The van der Waals surface area contributed by atoms with Gasteiger partial charge in [-0.2, -0.15) is 0 Å². The van der Waals surface area contributed by atoms with Crippen LogP contribution < -0.4 is 0 Å². The fraction of sp³-hybridized carbons (Fsp3) is 0.200. The number of nitrogens with zero attached hydrogens (tertiary/aromatic N) is 4. The lowest BCUT2D eigenvalue weighted by Crippen LogP contribution is -2.15. The van der Waals surface area contributed by atoms with Crippen LogP contribution in [0.4, 0.5) is 0 Å². The third-order valence-corrected chi connectivity index (χ3v) is 6.85. The van der Waals surface area contributed by atoms with E-state index in [0.717, 1.165) is 63.1 Å². The Hall–Kier alpha value is -3.09. The minimum atomic E-state index is 0.401. The smallest absolute Gasteiger partial charge is 0.142 e. The highest BCUT2D eigenvalue weighted by atomic mass is 35.5. The van der Waals surface area contributed by atoms with Crippen LogP contribution in [0.2, 0.25) is 5.02 Å². The molecule has 160 valence electrons. The first-order valence-corrected chi connectivity index (χ1v) is 11.7. The summed E-state index contributed by atoms with van der Waals surface area (Å²) in [5, 5.41) is 6.11. The molecule has 0 saturated carbocycles. The zero-order valence-corrected chi connectivity index (χ0v) is 19.2. The lowest BCUT2D eigenvalue weighted by Gasteiger charge is -2.17. The lowest BCUT2D eigenvalue weighted by atomic mass is 9.94. The van der Waals surface area contributed by atoms with Gasteiger partial charge in [-0.15, -0.1) is 11.3 Å². The molecule has 0 unspecified atom stereocenters. The Bertz CT molecular complexity index is 1270. The SMILES string of the molecule is Cc1nc(-c2cccnc2)sc1-c1ccc2c(n1)/C(=N/OCc1ccc(Cl)cc1)CCC2. The van der Waals surface area contributed by atoms with Crippen LogP contribution in [0.15, 0.2) is 66.1 Å². The molecule has 5 rings (SSSR count). The molecular weight excluding hydrogens is 440 g/mol. The molecule has 4 aromatic rings. The van der Waals surface area contributed by atoms with E-state index in [9.17, 15) is 0 Å². The molecule has 3 aromatic heterocycles. The second-order valence-corrected chi connectivity index (χ2v) is 9.11. The van der Waals surface area contributed by atoms with Crippen molar-refractivity contribution < 1.29 is 4.84 Å². The molecule has 1 aliphatic carbocycles. The summed E-state index contributed by atoms with van der Waals surface area (Å²) in [7, 11) is 0. The van der Waals surface area contributed by atoms with E-state index in [1.54, 1.807) is 17.5 Å². The summed E-state index contributed by atoms with van der Waals surface area (Å²) in [5.74, 6) is 0. The second kappa shape index (κ2) is 9.18. The molecule has 0 aliphatic heterocycles. The van der Waals surface area contributed by atoms with Gasteiger partial charge in [-0.3, -0.25) is 4.98 Å². The Balaban J connectivity index is 1.42. The number of oxime groups is 1. The van der Waals surface area contributed by atoms with Gasteiger partial charge < -0.3 is 4.84 Å². The van der Waals surface area contributed by atoms with Gasteiger partial charge in [0.25, 0.3) is 0 Å². The number of benzene rings is 1. The third kappa shape index (κ3) is 4.42. The van der Waals surface area contributed by atoms with Gasteiger partial charge in [-0.1, -0.05) is 35.0 Å². The molecule has 0 bridgehead atoms. The van der Waals surface area contributed by atoms with Crippen molar-refractivity contribution in [2.75, 3.05) is 0 Å². The summed E-state index contributed by atoms with van der Waals surface area (Å²) in [6.45, 7) is 2.43. The van der Waals surface area contributed by atoms with E-state index in [0.29, 0.717) is 11.6 Å². The molecule has 7 heteroatoms. The van der Waals surface area contributed by atoms with Gasteiger partial charge in [0.2, 0.25) is 0 Å². The van der Waals surface area contributed by atoms with Crippen molar-refractivity contribution in [1.82, 2.24) is 15.0 Å². The monoisotopic (exact) mass is 460 g/mol. The molecule has 5 nitrogen and oxygen atoms in total. The molecular formula is C25H21ClN4OS. The maximum atomic E-state index is 5.95. The number of rotatable bonds is 5. The Kier molecular flexibility index (Phi) is 5.97. The van der Waals surface area contributed by atoms with E-state index >= 15 is 0 Å². The van der Waals surface area contributed by atoms with Crippen LogP contribution in [-0.2, 0) is 17.9 Å². The lowest BCUT2D eigenvalue weighted by molar-refractivity contribution is 0.130. The number of hydrogen-bond donors (Lipinski definition) is 0. The zero-order chi connectivity index (χ0) is 21.9. The topological polar surface area (TPSA) is 60.3 Å². The molecule has 3 heterocycles. The largest absolute Gasteiger partial charge is 0.391 e. The van der Waals surface area contributed by atoms with Gasteiger partial charge in [0.1, 0.15) is 17.3 Å². The number of pyridine rings is 2. The Morgan fingerprint density at radius 1 is 1.06 bits per heavy atom. The zero-order valence-electron chi connectivity index (χ0n) is 17.6. The minimum Gasteiger partial charge on any atom is -0.391 e. The fourth-order valence-corrected chi connectivity index (χ4v) is 4.88. The quantitative estimate of drug-likeness (QED) is 0.319. The van der Waals surface area contributed by atoms with Crippen molar-refractivity contribution in [2.45, 2.75) is 32.8 Å². The van der Waals surface area contributed by atoms with E-state index in [-0.39, 0.29) is 0 Å². The summed E-state index contributed by atoms with van der Waals surface area (Å²) in [4.78, 5) is 20.7. The molecule has 0 saturated heterocycles. The van der Waals surface area contributed by atoms with Gasteiger partial charge in [-0.05, 0) is 67.6 Å². The maximum Gasteiger partial charge on any atom is 0.142 e. The average Bonchev–Trinajstić information content (AvgIpc) is 3.22. The Morgan fingerprint density at radius 2 is 1.94 bits per heavy atom. The third-order valence-electron chi connectivity index (χ3n) is 5.37. The van der Waals surface area contributed by atoms with Gasteiger partial charge in [0.15, 0.2) is 0 Å². The van der Waals surface area contributed by atoms with Gasteiger partial charge in [-0.25, -0.2) is 9.97 Å². The summed E-state index contributed by atoms with van der Waals surface area (Å²) < 4.78 is 0.